The molecule has 160 valence electrons. The maximum Gasteiger partial charge on any atom is 0.287 e. The number of hydrogen-bond acceptors (Lipinski definition) is 3. The third-order valence-electron chi connectivity index (χ3n) is 6.07. The number of piperazine rings is 1. The molecule has 3 N–H and O–H groups in total. The van der Waals surface area contributed by atoms with Gasteiger partial charge in [0.2, 0.25) is 0 Å². The average molecular weight is 417 g/mol. The number of benzene rings is 3. The lowest BCUT2D eigenvalue weighted by atomic mass is 10.0. The molecule has 1 atom stereocenters. The van der Waals surface area contributed by atoms with Gasteiger partial charge in [-0.25, -0.2) is 0 Å². The first kappa shape index (κ1) is 20.9. The fraction of sp³-hybridized carbons (Fsp3) is 0.269. The van der Waals surface area contributed by atoms with Gasteiger partial charge < -0.3 is 20.2 Å². The molecular weight excluding hydrogens is 386 g/mol. The van der Waals surface area contributed by atoms with Crippen molar-refractivity contribution < 1.29 is 14.8 Å². The predicted molar refractivity (Wildman–Crippen MR) is 125 cm³/mol. The molecule has 0 bridgehead atoms. The van der Waals surface area contributed by atoms with Gasteiger partial charge in [-0.1, -0.05) is 42.5 Å². The quantitative estimate of drug-likeness (QED) is 0.599. The molecule has 0 saturated carbocycles. The van der Waals surface area contributed by atoms with Crippen molar-refractivity contribution in [1.82, 2.24) is 0 Å². The number of carbonyl (C=O) groups excluding carboxylic acids is 1. The number of phenolic OH excluding ortho intramolecular Hbond substituents is 1. The van der Waals surface area contributed by atoms with Crippen molar-refractivity contribution >= 4 is 17.3 Å². The van der Waals surface area contributed by atoms with E-state index in [9.17, 15) is 9.90 Å². The van der Waals surface area contributed by atoms with Gasteiger partial charge in [-0.3, -0.25) is 4.79 Å². The molecular formula is C26H30N3O2+. The first-order valence-electron chi connectivity index (χ1n) is 10.8. The Morgan fingerprint density at radius 3 is 2.32 bits per heavy atom. The van der Waals surface area contributed by atoms with Crippen LogP contribution in [0.3, 0.4) is 0 Å². The standard InChI is InChI=1S/C26H29N3O2/c1-19-8-9-20(2)24(18-19)27-26(31)25(21-6-4-3-5-7-21)29-16-14-28(15-17-29)22-10-12-23(30)13-11-22/h3-13,18,25,30H,14-17H2,1-2H3,(H,27,31)/p+1/t25-/m1/s1. The van der Waals surface area contributed by atoms with E-state index in [0.29, 0.717) is 0 Å². The molecule has 4 rings (SSSR count). The van der Waals surface area contributed by atoms with Gasteiger partial charge in [-0.2, -0.15) is 0 Å². The second-order valence-corrected chi connectivity index (χ2v) is 8.31. The zero-order valence-electron chi connectivity index (χ0n) is 18.1. The van der Waals surface area contributed by atoms with Gasteiger partial charge in [0.1, 0.15) is 5.75 Å². The number of amides is 1. The molecule has 3 aromatic carbocycles. The highest BCUT2D eigenvalue weighted by molar-refractivity contribution is 5.95. The molecule has 0 aliphatic carbocycles. The molecule has 0 spiro atoms. The number of nitrogens with one attached hydrogen (secondary N) is 2. The zero-order chi connectivity index (χ0) is 21.8. The number of carbonyl (C=O) groups is 1. The molecule has 0 radical (unpaired) electrons. The number of nitrogens with zero attached hydrogens (tertiary/aromatic N) is 1. The van der Waals surface area contributed by atoms with Crippen molar-refractivity contribution in [3.8, 4) is 5.75 Å². The number of rotatable bonds is 5. The van der Waals surface area contributed by atoms with Crippen molar-refractivity contribution in [3.05, 3.63) is 89.5 Å². The second-order valence-electron chi connectivity index (χ2n) is 8.31. The first-order chi connectivity index (χ1) is 15.0. The molecule has 0 aromatic heterocycles. The Labute approximate surface area is 183 Å². The number of hydrogen-bond donors (Lipinski definition) is 3. The highest BCUT2D eigenvalue weighted by Crippen LogP contribution is 2.21. The normalized spacial score (nSPS) is 15.5. The minimum atomic E-state index is -0.261. The number of aromatic hydroxyl groups is 1. The lowest BCUT2D eigenvalue weighted by molar-refractivity contribution is -0.922. The number of phenols is 1. The molecule has 5 nitrogen and oxygen atoms in total. The lowest BCUT2D eigenvalue weighted by Crippen LogP contribution is -3.16. The van der Waals surface area contributed by atoms with Crippen molar-refractivity contribution in [2.45, 2.75) is 19.9 Å². The van der Waals surface area contributed by atoms with E-state index in [-0.39, 0.29) is 17.7 Å². The summed E-state index contributed by atoms with van der Waals surface area (Å²) in [5.41, 5.74) is 5.23. The Morgan fingerprint density at radius 2 is 1.65 bits per heavy atom. The molecule has 0 unspecified atom stereocenters. The second kappa shape index (κ2) is 9.23. The van der Waals surface area contributed by atoms with E-state index < -0.39 is 0 Å². The maximum atomic E-state index is 13.5. The first-order valence-corrected chi connectivity index (χ1v) is 10.8. The fourth-order valence-corrected chi connectivity index (χ4v) is 4.30. The van der Waals surface area contributed by atoms with Gasteiger partial charge >= 0.3 is 0 Å². The van der Waals surface area contributed by atoms with Gasteiger partial charge in [0.25, 0.3) is 5.91 Å². The summed E-state index contributed by atoms with van der Waals surface area (Å²) in [6.07, 6.45) is 0. The topological polar surface area (TPSA) is 57.0 Å². The fourth-order valence-electron chi connectivity index (χ4n) is 4.30. The van der Waals surface area contributed by atoms with Crippen molar-refractivity contribution in [1.29, 1.82) is 0 Å². The third kappa shape index (κ3) is 4.89. The van der Waals surface area contributed by atoms with Crippen molar-refractivity contribution in [2.24, 2.45) is 0 Å². The summed E-state index contributed by atoms with van der Waals surface area (Å²) in [6.45, 7) is 7.51. The van der Waals surface area contributed by atoms with Gasteiger partial charge in [0, 0.05) is 16.9 Å². The Kier molecular flexibility index (Phi) is 6.23. The van der Waals surface area contributed by atoms with Crippen LogP contribution in [0.25, 0.3) is 0 Å². The van der Waals surface area contributed by atoms with Crippen LogP contribution in [0, 0.1) is 13.8 Å². The van der Waals surface area contributed by atoms with Crippen molar-refractivity contribution in [3.63, 3.8) is 0 Å². The lowest BCUT2D eigenvalue weighted by Gasteiger charge is -2.37. The largest absolute Gasteiger partial charge is 0.508 e. The zero-order valence-corrected chi connectivity index (χ0v) is 18.1. The van der Waals surface area contributed by atoms with E-state index in [1.165, 1.54) is 4.90 Å². The van der Waals surface area contributed by atoms with E-state index in [1.54, 1.807) is 12.1 Å². The predicted octanol–water partition coefficient (Wildman–Crippen LogP) is 3.09. The van der Waals surface area contributed by atoms with Gasteiger partial charge in [-0.05, 0) is 55.3 Å². The van der Waals surface area contributed by atoms with Crippen LogP contribution in [0.2, 0.25) is 0 Å². The van der Waals surface area contributed by atoms with E-state index in [0.717, 1.165) is 54.2 Å². The number of anilines is 2. The molecule has 1 amide bonds. The maximum absolute atomic E-state index is 13.5. The summed E-state index contributed by atoms with van der Waals surface area (Å²) in [6, 6.07) is 23.3. The van der Waals surface area contributed by atoms with Crippen LogP contribution in [0.1, 0.15) is 22.7 Å². The molecule has 1 heterocycles. The molecule has 1 aliphatic heterocycles. The van der Waals surface area contributed by atoms with E-state index in [4.69, 9.17) is 0 Å². The van der Waals surface area contributed by atoms with Gasteiger partial charge in [0.15, 0.2) is 6.04 Å². The van der Waals surface area contributed by atoms with E-state index >= 15 is 0 Å². The SMILES string of the molecule is Cc1ccc(C)c(NC(=O)[C@@H](c2ccccc2)[NH+]2CCN(c3ccc(O)cc3)CC2)c1. The summed E-state index contributed by atoms with van der Waals surface area (Å²) in [5, 5.41) is 12.7. The minimum absolute atomic E-state index is 0.0352. The molecule has 1 saturated heterocycles. The summed E-state index contributed by atoms with van der Waals surface area (Å²) in [4.78, 5) is 17.1. The van der Waals surface area contributed by atoms with E-state index in [1.807, 2.05) is 68.4 Å². The van der Waals surface area contributed by atoms with Crippen LogP contribution in [-0.2, 0) is 4.79 Å². The van der Waals surface area contributed by atoms with Crippen LogP contribution in [0.5, 0.6) is 5.75 Å². The monoisotopic (exact) mass is 416 g/mol. The van der Waals surface area contributed by atoms with Crippen LogP contribution in [0.4, 0.5) is 11.4 Å². The molecule has 3 aromatic rings. The Balaban J connectivity index is 1.53. The Morgan fingerprint density at radius 1 is 0.968 bits per heavy atom. The van der Waals surface area contributed by atoms with Gasteiger partial charge in [-0.15, -0.1) is 0 Å². The highest BCUT2D eigenvalue weighted by Gasteiger charge is 2.34. The molecule has 31 heavy (non-hydrogen) atoms. The number of aryl methyl sites for hydroxylation is 2. The van der Waals surface area contributed by atoms with Crippen LogP contribution in [0.15, 0.2) is 72.8 Å². The molecule has 1 fully saturated rings. The summed E-state index contributed by atoms with van der Waals surface area (Å²) in [5.74, 6) is 0.313. The van der Waals surface area contributed by atoms with Crippen LogP contribution < -0.4 is 15.1 Å². The summed E-state index contributed by atoms with van der Waals surface area (Å²) >= 11 is 0. The number of quaternary nitrogens is 1. The Hall–Kier alpha value is -3.31. The average Bonchev–Trinajstić information content (AvgIpc) is 2.78. The highest BCUT2D eigenvalue weighted by atomic mass is 16.3. The van der Waals surface area contributed by atoms with Gasteiger partial charge in [0.05, 0.1) is 26.2 Å². The van der Waals surface area contributed by atoms with E-state index in [2.05, 4.69) is 16.3 Å². The minimum Gasteiger partial charge on any atom is -0.508 e. The Bertz CT molecular complexity index is 1030. The van der Waals surface area contributed by atoms with Crippen molar-refractivity contribution in [2.75, 3.05) is 36.4 Å². The molecule has 5 heteroatoms. The third-order valence-corrected chi connectivity index (χ3v) is 6.07. The summed E-state index contributed by atoms with van der Waals surface area (Å²) < 4.78 is 0. The smallest absolute Gasteiger partial charge is 0.287 e. The summed E-state index contributed by atoms with van der Waals surface area (Å²) in [7, 11) is 0. The van der Waals surface area contributed by atoms with Crippen LogP contribution >= 0.6 is 0 Å². The van der Waals surface area contributed by atoms with Crippen LogP contribution in [-0.4, -0.2) is 37.2 Å². The molecule has 1 aliphatic rings.